The Balaban J connectivity index is 1.85. The maximum Gasteiger partial charge on any atom is 0.276 e. The Morgan fingerprint density at radius 1 is 0.759 bits per heavy atom. The van der Waals surface area contributed by atoms with Crippen LogP contribution in [0.2, 0.25) is 0 Å². The van der Waals surface area contributed by atoms with Crippen molar-refractivity contribution in [2.24, 2.45) is 5.10 Å². The van der Waals surface area contributed by atoms with Crippen LogP contribution in [0.5, 0.6) is 0 Å². The van der Waals surface area contributed by atoms with E-state index in [1.54, 1.807) is 36.4 Å². The van der Waals surface area contributed by atoms with Crippen molar-refractivity contribution < 1.29 is 8.42 Å². The molecule has 0 saturated heterocycles. The smallest absolute Gasteiger partial charge is 0.200 e. The van der Waals surface area contributed by atoms with Gasteiger partial charge in [-0.15, -0.1) is 0 Å². The Bertz CT molecular complexity index is 1070. The molecule has 0 bridgehead atoms. The van der Waals surface area contributed by atoms with Gasteiger partial charge < -0.3 is 0 Å². The van der Waals surface area contributed by atoms with Crippen LogP contribution in [0, 0.1) is 6.92 Å². The molecule has 0 atom stereocenters. The summed E-state index contributed by atoms with van der Waals surface area (Å²) in [6.07, 6.45) is 7.31. The maximum absolute atomic E-state index is 12.5. The quantitative estimate of drug-likeness (QED) is 0.444. The van der Waals surface area contributed by atoms with E-state index in [1.807, 2.05) is 79.7 Å². The first-order valence-corrected chi connectivity index (χ1v) is 10.6. The van der Waals surface area contributed by atoms with Gasteiger partial charge in [-0.25, -0.2) is 0 Å². The fraction of sp³-hybridized carbons (Fsp3) is 0.0417. The van der Waals surface area contributed by atoms with Crippen molar-refractivity contribution in [2.75, 3.05) is 0 Å². The molecule has 0 aliphatic heterocycles. The van der Waals surface area contributed by atoms with Gasteiger partial charge in [-0.3, -0.25) is 0 Å². The molecule has 0 aliphatic rings. The van der Waals surface area contributed by atoms with Gasteiger partial charge in [0.15, 0.2) is 0 Å². The van der Waals surface area contributed by atoms with Crippen molar-refractivity contribution in [3.63, 3.8) is 0 Å². The lowest BCUT2D eigenvalue weighted by atomic mass is 10.1. The number of hydrogen-bond acceptors (Lipinski definition) is 3. The van der Waals surface area contributed by atoms with Crippen molar-refractivity contribution in [3.05, 3.63) is 114 Å². The highest BCUT2D eigenvalue weighted by atomic mass is 32.2. The molecule has 29 heavy (non-hydrogen) atoms. The fourth-order valence-electron chi connectivity index (χ4n) is 2.50. The van der Waals surface area contributed by atoms with E-state index in [1.165, 1.54) is 0 Å². The minimum absolute atomic E-state index is 0.172. The van der Waals surface area contributed by atoms with Crippen LogP contribution in [-0.4, -0.2) is 14.1 Å². The van der Waals surface area contributed by atoms with Crippen molar-refractivity contribution in [2.45, 2.75) is 11.8 Å². The first-order chi connectivity index (χ1) is 14.0. The summed E-state index contributed by atoms with van der Waals surface area (Å²) in [5, 5.41) is 4.13. The Morgan fingerprint density at radius 2 is 1.24 bits per heavy atom. The summed E-state index contributed by atoms with van der Waals surface area (Å²) in [5.41, 5.74) is 3.46. The zero-order valence-corrected chi connectivity index (χ0v) is 16.9. The van der Waals surface area contributed by atoms with Crippen LogP contribution in [0.4, 0.5) is 0 Å². The molecule has 0 amide bonds. The highest BCUT2D eigenvalue weighted by Crippen LogP contribution is 2.10. The molecule has 0 radical (unpaired) electrons. The number of aryl methyl sites for hydroxylation is 1. The fourth-order valence-corrected chi connectivity index (χ4v) is 3.33. The summed E-state index contributed by atoms with van der Waals surface area (Å²) in [6, 6.07) is 26.1. The lowest BCUT2D eigenvalue weighted by Gasteiger charge is -2.04. The Labute approximate surface area is 172 Å². The molecule has 5 heteroatoms. The van der Waals surface area contributed by atoms with E-state index in [0.29, 0.717) is 5.71 Å². The molecule has 1 N–H and O–H groups in total. The van der Waals surface area contributed by atoms with Crippen molar-refractivity contribution >= 4 is 27.9 Å². The van der Waals surface area contributed by atoms with Crippen LogP contribution in [0.3, 0.4) is 0 Å². The second kappa shape index (κ2) is 9.66. The highest BCUT2D eigenvalue weighted by Gasteiger charge is 2.12. The van der Waals surface area contributed by atoms with Gasteiger partial charge in [-0.1, -0.05) is 90.5 Å². The van der Waals surface area contributed by atoms with E-state index in [4.69, 9.17) is 0 Å². The second-order valence-corrected chi connectivity index (χ2v) is 8.09. The van der Waals surface area contributed by atoms with Gasteiger partial charge >= 0.3 is 0 Å². The molecule has 4 nitrogen and oxygen atoms in total. The molecular formula is C24H22N2O2S. The summed E-state index contributed by atoms with van der Waals surface area (Å²) in [7, 11) is -3.74. The van der Waals surface area contributed by atoms with Crippen LogP contribution >= 0.6 is 0 Å². The van der Waals surface area contributed by atoms with Crippen LogP contribution in [-0.2, 0) is 10.0 Å². The zero-order valence-electron chi connectivity index (χ0n) is 16.1. The molecule has 3 aromatic rings. The molecular weight excluding hydrogens is 380 g/mol. The minimum atomic E-state index is -3.74. The van der Waals surface area contributed by atoms with Crippen molar-refractivity contribution in [1.29, 1.82) is 0 Å². The monoisotopic (exact) mass is 402 g/mol. The number of allylic oxidation sites excluding steroid dienone is 2. The number of sulfonamides is 1. The highest BCUT2D eigenvalue weighted by molar-refractivity contribution is 7.89. The molecule has 3 rings (SSSR count). The molecule has 0 fully saturated rings. The van der Waals surface area contributed by atoms with E-state index in [9.17, 15) is 8.42 Å². The first kappa shape index (κ1) is 20.3. The average Bonchev–Trinajstić information content (AvgIpc) is 2.75. The number of rotatable bonds is 7. The molecule has 0 aliphatic carbocycles. The summed E-state index contributed by atoms with van der Waals surface area (Å²) >= 11 is 0. The third-order valence-corrected chi connectivity index (χ3v) is 5.34. The van der Waals surface area contributed by atoms with Gasteiger partial charge in [0.2, 0.25) is 0 Å². The summed E-state index contributed by atoms with van der Waals surface area (Å²) in [5.74, 6) is 0. The SMILES string of the molecule is Cc1ccc(S(=O)(=O)NN=C(/C=C\c2ccccc2)/C=C/c2ccccc2)cc1. The Morgan fingerprint density at radius 3 is 1.72 bits per heavy atom. The van der Waals surface area contributed by atoms with E-state index >= 15 is 0 Å². The predicted octanol–water partition coefficient (Wildman–Crippen LogP) is 5.06. The second-order valence-electron chi connectivity index (χ2n) is 6.43. The van der Waals surface area contributed by atoms with Crippen molar-refractivity contribution in [3.8, 4) is 0 Å². The van der Waals surface area contributed by atoms with Crippen LogP contribution in [0.25, 0.3) is 12.2 Å². The molecule has 0 spiro atoms. The molecule has 0 aromatic heterocycles. The van der Waals surface area contributed by atoms with E-state index in [0.717, 1.165) is 16.7 Å². The standard InChI is InChI=1S/C24H22N2O2S/c1-20-12-18-24(19-13-20)29(27,28)26-25-23(16-14-21-8-4-2-5-9-21)17-15-22-10-6-3-7-11-22/h2-19,26H,1H3/b16-14-,17-15+,25-23?. The van der Waals surface area contributed by atoms with Gasteiger partial charge in [-0.05, 0) is 42.3 Å². The molecule has 0 heterocycles. The topological polar surface area (TPSA) is 58.5 Å². The van der Waals surface area contributed by atoms with Crippen LogP contribution in [0.1, 0.15) is 16.7 Å². The third kappa shape index (κ3) is 6.30. The lowest BCUT2D eigenvalue weighted by Crippen LogP contribution is -2.19. The summed E-state index contributed by atoms with van der Waals surface area (Å²) in [4.78, 5) is 2.50. The summed E-state index contributed by atoms with van der Waals surface area (Å²) in [6.45, 7) is 1.91. The zero-order chi connectivity index (χ0) is 20.5. The van der Waals surface area contributed by atoms with Crippen LogP contribution < -0.4 is 4.83 Å². The molecule has 146 valence electrons. The number of hydrogen-bond donors (Lipinski definition) is 1. The maximum atomic E-state index is 12.5. The van der Waals surface area contributed by atoms with Crippen LogP contribution in [0.15, 0.2) is 107 Å². The molecule has 0 saturated carbocycles. The third-order valence-electron chi connectivity index (χ3n) is 4.12. The van der Waals surface area contributed by atoms with Gasteiger partial charge in [0, 0.05) is 0 Å². The predicted molar refractivity (Wildman–Crippen MR) is 120 cm³/mol. The average molecular weight is 403 g/mol. The summed E-state index contributed by atoms with van der Waals surface area (Å²) < 4.78 is 25.1. The van der Waals surface area contributed by atoms with E-state index in [-0.39, 0.29) is 4.90 Å². The Kier molecular flexibility index (Phi) is 6.76. The normalized spacial score (nSPS) is 12.5. The van der Waals surface area contributed by atoms with Gasteiger partial charge in [0.25, 0.3) is 10.0 Å². The van der Waals surface area contributed by atoms with Gasteiger partial charge in [-0.2, -0.15) is 18.4 Å². The minimum Gasteiger partial charge on any atom is -0.200 e. The Hall–Kier alpha value is -3.44. The number of hydrazone groups is 1. The largest absolute Gasteiger partial charge is 0.276 e. The molecule has 3 aromatic carbocycles. The van der Waals surface area contributed by atoms with E-state index in [2.05, 4.69) is 9.93 Å². The number of nitrogens with one attached hydrogen (secondary N) is 1. The number of benzene rings is 3. The van der Waals surface area contributed by atoms with Gasteiger partial charge in [0.05, 0.1) is 10.6 Å². The number of nitrogens with zero attached hydrogens (tertiary/aromatic N) is 1. The van der Waals surface area contributed by atoms with Crippen molar-refractivity contribution in [1.82, 2.24) is 4.83 Å². The first-order valence-electron chi connectivity index (χ1n) is 9.15. The molecule has 0 unspecified atom stereocenters. The van der Waals surface area contributed by atoms with Gasteiger partial charge in [0.1, 0.15) is 0 Å². The lowest BCUT2D eigenvalue weighted by molar-refractivity contribution is 0.584. The van der Waals surface area contributed by atoms with E-state index < -0.39 is 10.0 Å².